The minimum absolute atomic E-state index is 0.137. The molecule has 0 saturated heterocycles. The number of aldehydes is 1. The second-order valence-corrected chi connectivity index (χ2v) is 3.24. The molecule has 0 saturated carbocycles. The van der Waals surface area contributed by atoms with Crippen molar-refractivity contribution in [3.63, 3.8) is 0 Å². The molecule has 0 amide bonds. The normalized spacial score (nSPS) is 9.12. The van der Waals surface area contributed by atoms with Crippen LogP contribution < -0.4 is 0 Å². The summed E-state index contributed by atoms with van der Waals surface area (Å²) in [4.78, 5) is 21.8. The lowest BCUT2D eigenvalue weighted by Crippen LogP contribution is -2.01. The van der Waals surface area contributed by atoms with Gasteiger partial charge in [-0.15, -0.1) is 0 Å². The fourth-order valence-corrected chi connectivity index (χ4v) is 1.26. The SMILES string of the molecule is CCOC(=O)C#Cc1c(C)ccc(F)c1C=O. The molecule has 0 aliphatic rings. The number of carbonyl (C=O) groups is 2. The number of hydrogen-bond acceptors (Lipinski definition) is 3. The molecule has 1 aromatic rings. The molecule has 0 spiro atoms. The number of halogens is 1. The van der Waals surface area contributed by atoms with Crippen molar-refractivity contribution in [2.45, 2.75) is 13.8 Å². The van der Waals surface area contributed by atoms with E-state index in [-0.39, 0.29) is 17.7 Å². The summed E-state index contributed by atoms with van der Waals surface area (Å²) in [6, 6.07) is 2.69. The Morgan fingerprint density at radius 3 is 2.82 bits per heavy atom. The summed E-state index contributed by atoms with van der Waals surface area (Å²) in [5, 5.41) is 0. The molecule has 0 aliphatic heterocycles. The second kappa shape index (κ2) is 5.80. The van der Waals surface area contributed by atoms with Gasteiger partial charge in [0, 0.05) is 11.5 Å². The van der Waals surface area contributed by atoms with E-state index in [0.717, 1.165) is 0 Å². The van der Waals surface area contributed by atoms with Gasteiger partial charge in [0.1, 0.15) is 5.82 Å². The number of ether oxygens (including phenoxy) is 1. The molecule has 0 atom stereocenters. The summed E-state index contributed by atoms with van der Waals surface area (Å²) in [6.07, 6.45) is 0.386. The molecule has 0 bridgehead atoms. The number of aryl methyl sites for hydroxylation is 1. The lowest BCUT2D eigenvalue weighted by Gasteiger charge is -2.02. The summed E-state index contributed by atoms with van der Waals surface area (Å²) in [5.74, 6) is 3.31. The van der Waals surface area contributed by atoms with Crippen LogP contribution in [0, 0.1) is 24.6 Å². The average Bonchev–Trinajstić information content (AvgIpc) is 2.30. The van der Waals surface area contributed by atoms with Crippen LogP contribution in [0.4, 0.5) is 4.39 Å². The van der Waals surface area contributed by atoms with Gasteiger partial charge in [0.05, 0.1) is 12.2 Å². The van der Waals surface area contributed by atoms with Crippen LogP contribution in [0.5, 0.6) is 0 Å². The molecule has 3 nitrogen and oxygen atoms in total. The fourth-order valence-electron chi connectivity index (χ4n) is 1.26. The maximum Gasteiger partial charge on any atom is 0.384 e. The number of rotatable bonds is 2. The van der Waals surface area contributed by atoms with Gasteiger partial charge in [-0.3, -0.25) is 4.79 Å². The highest BCUT2D eigenvalue weighted by Crippen LogP contribution is 2.15. The first-order chi connectivity index (χ1) is 8.10. The van der Waals surface area contributed by atoms with Gasteiger partial charge in [-0.1, -0.05) is 12.0 Å². The van der Waals surface area contributed by atoms with Gasteiger partial charge in [-0.2, -0.15) is 0 Å². The quantitative estimate of drug-likeness (QED) is 0.445. The van der Waals surface area contributed by atoms with Crippen LogP contribution in [0.1, 0.15) is 28.4 Å². The summed E-state index contributed by atoms with van der Waals surface area (Å²) in [6.45, 7) is 3.56. The van der Waals surface area contributed by atoms with Gasteiger partial charge in [0.2, 0.25) is 0 Å². The predicted molar refractivity (Wildman–Crippen MR) is 60.0 cm³/mol. The van der Waals surface area contributed by atoms with Crippen molar-refractivity contribution < 1.29 is 18.7 Å². The molecule has 0 aromatic heterocycles. The Hall–Kier alpha value is -2.15. The van der Waals surface area contributed by atoms with E-state index < -0.39 is 11.8 Å². The Morgan fingerprint density at radius 2 is 2.24 bits per heavy atom. The standard InChI is InChI=1S/C13H11FO3/c1-3-17-13(16)7-5-10-9(2)4-6-12(14)11(10)8-15/h4,6,8H,3H2,1-2H3. The highest BCUT2D eigenvalue weighted by atomic mass is 19.1. The van der Waals surface area contributed by atoms with E-state index in [2.05, 4.69) is 16.6 Å². The fraction of sp³-hybridized carbons (Fsp3) is 0.231. The zero-order valence-electron chi connectivity index (χ0n) is 9.54. The highest BCUT2D eigenvalue weighted by molar-refractivity contribution is 5.90. The second-order valence-electron chi connectivity index (χ2n) is 3.24. The molecule has 4 heteroatoms. The molecule has 0 radical (unpaired) electrons. The third-order valence-electron chi connectivity index (χ3n) is 2.08. The number of benzene rings is 1. The van der Waals surface area contributed by atoms with Crippen LogP contribution in [0.15, 0.2) is 12.1 Å². The third-order valence-corrected chi connectivity index (χ3v) is 2.08. The summed E-state index contributed by atoms with van der Waals surface area (Å²) in [7, 11) is 0. The molecule has 0 N–H and O–H groups in total. The van der Waals surface area contributed by atoms with Crippen molar-refractivity contribution in [1.29, 1.82) is 0 Å². The van der Waals surface area contributed by atoms with E-state index in [9.17, 15) is 14.0 Å². The maximum absolute atomic E-state index is 13.3. The van der Waals surface area contributed by atoms with Crippen LogP contribution in [-0.2, 0) is 9.53 Å². The Labute approximate surface area is 98.6 Å². The first kappa shape index (κ1) is 12.9. The van der Waals surface area contributed by atoms with E-state index in [0.29, 0.717) is 11.8 Å². The van der Waals surface area contributed by atoms with Gasteiger partial charge >= 0.3 is 5.97 Å². The van der Waals surface area contributed by atoms with Crippen molar-refractivity contribution >= 4 is 12.3 Å². The first-order valence-corrected chi connectivity index (χ1v) is 5.03. The predicted octanol–water partition coefficient (Wildman–Crippen LogP) is 1.86. The van der Waals surface area contributed by atoms with Gasteiger partial charge in [0.25, 0.3) is 0 Å². The number of carbonyl (C=O) groups excluding carboxylic acids is 2. The minimum Gasteiger partial charge on any atom is -0.456 e. The smallest absolute Gasteiger partial charge is 0.384 e. The maximum atomic E-state index is 13.3. The summed E-state index contributed by atoms with van der Waals surface area (Å²) >= 11 is 0. The molecule has 1 aromatic carbocycles. The van der Waals surface area contributed by atoms with Crippen molar-refractivity contribution in [2.24, 2.45) is 0 Å². The van der Waals surface area contributed by atoms with Crippen LogP contribution in [0.3, 0.4) is 0 Å². The van der Waals surface area contributed by atoms with Gasteiger partial charge in [0.15, 0.2) is 6.29 Å². The van der Waals surface area contributed by atoms with Crippen LogP contribution in [0.25, 0.3) is 0 Å². The Balaban J connectivity index is 3.17. The summed E-state index contributed by atoms with van der Waals surface area (Å²) in [5.41, 5.74) is 0.708. The van der Waals surface area contributed by atoms with E-state index in [1.54, 1.807) is 13.8 Å². The average molecular weight is 234 g/mol. The number of esters is 1. The van der Waals surface area contributed by atoms with Crippen molar-refractivity contribution in [3.8, 4) is 11.8 Å². The Kier molecular flexibility index (Phi) is 4.41. The van der Waals surface area contributed by atoms with Crippen LogP contribution in [-0.4, -0.2) is 18.9 Å². The van der Waals surface area contributed by atoms with Crippen LogP contribution >= 0.6 is 0 Å². The monoisotopic (exact) mass is 234 g/mol. The Bertz CT molecular complexity index is 509. The van der Waals surface area contributed by atoms with Gasteiger partial charge in [-0.05, 0) is 25.5 Å². The largest absolute Gasteiger partial charge is 0.456 e. The van der Waals surface area contributed by atoms with E-state index in [1.165, 1.54) is 12.1 Å². The topological polar surface area (TPSA) is 43.4 Å². The minimum atomic E-state index is -0.701. The molecule has 0 heterocycles. The zero-order chi connectivity index (χ0) is 12.8. The lowest BCUT2D eigenvalue weighted by atomic mass is 10.0. The van der Waals surface area contributed by atoms with Gasteiger partial charge in [-0.25, -0.2) is 9.18 Å². The van der Waals surface area contributed by atoms with Crippen molar-refractivity contribution in [1.82, 2.24) is 0 Å². The lowest BCUT2D eigenvalue weighted by molar-refractivity contribution is -0.136. The van der Waals surface area contributed by atoms with E-state index in [1.807, 2.05) is 0 Å². The number of hydrogen-bond donors (Lipinski definition) is 0. The molecular formula is C13H11FO3. The highest BCUT2D eigenvalue weighted by Gasteiger charge is 2.08. The van der Waals surface area contributed by atoms with Crippen LogP contribution in [0.2, 0.25) is 0 Å². The molecule has 0 fully saturated rings. The Morgan fingerprint density at radius 1 is 1.53 bits per heavy atom. The first-order valence-electron chi connectivity index (χ1n) is 5.03. The third kappa shape index (κ3) is 3.15. The molecule has 0 aliphatic carbocycles. The van der Waals surface area contributed by atoms with Crippen molar-refractivity contribution in [3.05, 3.63) is 34.6 Å². The molecule has 88 valence electrons. The van der Waals surface area contributed by atoms with E-state index in [4.69, 9.17) is 0 Å². The molecule has 1 rings (SSSR count). The summed E-state index contributed by atoms with van der Waals surface area (Å²) < 4.78 is 17.9. The molecule has 17 heavy (non-hydrogen) atoms. The van der Waals surface area contributed by atoms with E-state index >= 15 is 0 Å². The zero-order valence-corrected chi connectivity index (χ0v) is 9.54. The van der Waals surface area contributed by atoms with Gasteiger partial charge < -0.3 is 4.74 Å². The molecule has 0 unspecified atom stereocenters. The molecular weight excluding hydrogens is 223 g/mol. The van der Waals surface area contributed by atoms with Crippen molar-refractivity contribution in [2.75, 3.05) is 6.61 Å².